The molecule has 0 aromatic heterocycles. The zero-order valence-electron chi connectivity index (χ0n) is 8.66. The summed E-state index contributed by atoms with van der Waals surface area (Å²) in [5.74, 6) is -0.662. The Balaban J connectivity index is 2.22. The van der Waals surface area contributed by atoms with Crippen molar-refractivity contribution in [2.45, 2.75) is 12.5 Å². The number of nitriles is 1. The van der Waals surface area contributed by atoms with E-state index in [4.69, 9.17) is 5.26 Å². The van der Waals surface area contributed by atoms with Crippen molar-refractivity contribution in [3.05, 3.63) is 28.2 Å². The Morgan fingerprint density at radius 1 is 1.47 bits per heavy atom. The van der Waals surface area contributed by atoms with Crippen LogP contribution >= 0.6 is 15.9 Å². The highest BCUT2D eigenvalue weighted by atomic mass is 79.9. The van der Waals surface area contributed by atoms with Crippen LogP contribution in [-0.2, 0) is 9.59 Å². The molecule has 1 aromatic rings. The SMILES string of the molecule is N#Cc1cc(Br)ccc1NC1CC(=O)NC1=O. The van der Waals surface area contributed by atoms with Gasteiger partial charge in [0.1, 0.15) is 12.1 Å². The predicted octanol–water partition coefficient (Wildman–Crippen LogP) is 1.15. The number of hydrogen-bond acceptors (Lipinski definition) is 4. The van der Waals surface area contributed by atoms with Gasteiger partial charge in [-0.05, 0) is 18.2 Å². The number of imide groups is 1. The smallest absolute Gasteiger partial charge is 0.249 e. The molecule has 0 spiro atoms. The standard InChI is InChI=1S/C11H8BrN3O2/c12-7-1-2-8(6(3-7)5-13)14-9-4-10(16)15-11(9)17/h1-3,9,14H,4H2,(H,15,16,17). The maximum Gasteiger partial charge on any atom is 0.249 e. The van der Waals surface area contributed by atoms with E-state index in [2.05, 4.69) is 26.6 Å². The molecule has 1 fully saturated rings. The van der Waals surface area contributed by atoms with Gasteiger partial charge in [-0.25, -0.2) is 0 Å². The second-order valence-corrected chi connectivity index (χ2v) is 4.53. The van der Waals surface area contributed by atoms with E-state index in [1.54, 1.807) is 18.2 Å². The first-order valence-electron chi connectivity index (χ1n) is 4.90. The lowest BCUT2D eigenvalue weighted by Crippen LogP contribution is -2.30. The number of halogens is 1. The number of nitrogens with zero attached hydrogens (tertiary/aromatic N) is 1. The van der Waals surface area contributed by atoms with Crippen molar-refractivity contribution in [1.29, 1.82) is 5.26 Å². The monoisotopic (exact) mass is 293 g/mol. The average molecular weight is 294 g/mol. The van der Waals surface area contributed by atoms with E-state index < -0.39 is 6.04 Å². The number of amides is 2. The first kappa shape index (κ1) is 11.6. The molecule has 0 radical (unpaired) electrons. The number of nitrogens with one attached hydrogen (secondary N) is 2. The van der Waals surface area contributed by atoms with E-state index >= 15 is 0 Å². The van der Waals surface area contributed by atoms with Crippen LogP contribution in [-0.4, -0.2) is 17.9 Å². The molecule has 1 aromatic carbocycles. The summed E-state index contributed by atoms with van der Waals surface area (Å²) in [7, 11) is 0. The summed E-state index contributed by atoms with van der Waals surface area (Å²) in [5.41, 5.74) is 0.970. The minimum Gasteiger partial charge on any atom is -0.372 e. The van der Waals surface area contributed by atoms with Crippen LogP contribution in [0.4, 0.5) is 5.69 Å². The molecule has 17 heavy (non-hydrogen) atoms. The van der Waals surface area contributed by atoms with Gasteiger partial charge in [0.2, 0.25) is 11.8 Å². The quantitative estimate of drug-likeness (QED) is 0.802. The molecule has 1 heterocycles. The largest absolute Gasteiger partial charge is 0.372 e. The fourth-order valence-electron chi connectivity index (χ4n) is 1.59. The van der Waals surface area contributed by atoms with Gasteiger partial charge in [0.25, 0.3) is 0 Å². The van der Waals surface area contributed by atoms with Gasteiger partial charge >= 0.3 is 0 Å². The van der Waals surface area contributed by atoms with Crippen LogP contribution in [0, 0.1) is 11.3 Å². The molecule has 2 N–H and O–H groups in total. The van der Waals surface area contributed by atoms with Crippen LogP contribution in [0.3, 0.4) is 0 Å². The number of benzene rings is 1. The lowest BCUT2D eigenvalue weighted by molar-refractivity contribution is -0.124. The maximum atomic E-state index is 11.4. The fourth-order valence-corrected chi connectivity index (χ4v) is 1.95. The molecule has 0 saturated carbocycles. The van der Waals surface area contributed by atoms with Crippen LogP contribution < -0.4 is 10.6 Å². The van der Waals surface area contributed by atoms with E-state index in [1.807, 2.05) is 6.07 Å². The molecule has 6 heteroatoms. The van der Waals surface area contributed by atoms with E-state index in [1.165, 1.54) is 0 Å². The second-order valence-electron chi connectivity index (χ2n) is 3.62. The highest BCUT2D eigenvalue weighted by Gasteiger charge is 2.30. The molecule has 2 rings (SSSR count). The number of carbonyl (C=O) groups is 2. The predicted molar refractivity (Wildman–Crippen MR) is 64.0 cm³/mol. The molecule has 1 saturated heterocycles. The molecular weight excluding hydrogens is 286 g/mol. The summed E-state index contributed by atoms with van der Waals surface area (Å²) in [5, 5.41) is 14.1. The third kappa shape index (κ3) is 2.45. The van der Waals surface area contributed by atoms with Crippen LogP contribution in [0.15, 0.2) is 22.7 Å². The van der Waals surface area contributed by atoms with Crippen molar-refractivity contribution in [3.63, 3.8) is 0 Å². The minimum absolute atomic E-state index is 0.0970. The topological polar surface area (TPSA) is 82.0 Å². The van der Waals surface area contributed by atoms with Crippen LogP contribution in [0.25, 0.3) is 0 Å². The van der Waals surface area contributed by atoms with Crippen molar-refractivity contribution >= 4 is 33.4 Å². The first-order valence-corrected chi connectivity index (χ1v) is 5.69. The number of anilines is 1. The Bertz CT molecular complexity index is 536. The molecule has 5 nitrogen and oxygen atoms in total. The lowest BCUT2D eigenvalue weighted by Gasteiger charge is -2.12. The summed E-state index contributed by atoms with van der Waals surface area (Å²) < 4.78 is 0.784. The number of rotatable bonds is 2. The molecule has 1 aliphatic heterocycles. The van der Waals surface area contributed by atoms with Gasteiger partial charge in [0.15, 0.2) is 0 Å². The summed E-state index contributed by atoms with van der Waals surface area (Å²) >= 11 is 3.26. The molecule has 0 aliphatic carbocycles. The Labute approximate surface area is 106 Å². The molecule has 2 amide bonds. The van der Waals surface area contributed by atoms with Crippen molar-refractivity contribution < 1.29 is 9.59 Å². The third-order valence-electron chi connectivity index (χ3n) is 2.40. The summed E-state index contributed by atoms with van der Waals surface area (Å²) in [4.78, 5) is 22.4. The highest BCUT2D eigenvalue weighted by molar-refractivity contribution is 9.10. The first-order chi connectivity index (χ1) is 8.10. The van der Waals surface area contributed by atoms with Gasteiger partial charge in [-0.2, -0.15) is 5.26 Å². The van der Waals surface area contributed by atoms with Gasteiger partial charge in [0, 0.05) is 4.47 Å². The lowest BCUT2D eigenvalue weighted by atomic mass is 10.1. The van der Waals surface area contributed by atoms with Crippen LogP contribution in [0.5, 0.6) is 0 Å². The molecular formula is C11H8BrN3O2. The average Bonchev–Trinajstić information content (AvgIpc) is 2.60. The highest BCUT2D eigenvalue weighted by Crippen LogP contribution is 2.22. The molecule has 0 bridgehead atoms. The summed E-state index contributed by atoms with van der Waals surface area (Å²) in [6.07, 6.45) is 0.0970. The maximum absolute atomic E-state index is 11.4. The van der Waals surface area contributed by atoms with Crippen LogP contribution in [0.1, 0.15) is 12.0 Å². The third-order valence-corrected chi connectivity index (χ3v) is 2.89. The van der Waals surface area contributed by atoms with Crippen LogP contribution in [0.2, 0.25) is 0 Å². The van der Waals surface area contributed by atoms with Crippen molar-refractivity contribution in [2.75, 3.05) is 5.32 Å². The van der Waals surface area contributed by atoms with Gasteiger partial charge in [-0.15, -0.1) is 0 Å². The second kappa shape index (κ2) is 4.55. The summed E-state index contributed by atoms with van der Waals surface area (Å²) in [6, 6.07) is 6.53. The van der Waals surface area contributed by atoms with Crippen molar-refractivity contribution in [1.82, 2.24) is 5.32 Å². The van der Waals surface area contributed by atoms with E-state index in [9.17, 15) is 9.59 Å². The summed E-state index contributed by atoms with van der Waals surface area (Å²) in [6.45, 7) is 0. The zero-order valence-corrected chi connectivity index (χ0v) is 10.2. The molecule has 1 unspecified atom stereocenters. The van der Waals surface area contributed by atoms with Gasteiger partial charge in [-0.1, -0.05) is 15.9 Å². The van der Waals surface area contributed by atoms with Crippen molar-refractivity contribution in [3.8, 4) is 6.07 Å². The minimum atomic E-state index is -0.601. The van der Waals surface area contributed by atoms with Crippen molar-refractivity contribution in [2.24, 2.45) is 0 Å². The Kier molecular flexibility index (Phi) is 3.11. The normalized spacial score (nSPS) is 18.7. The van der Waals surface area contributed by atoms with Gasteiger partial charge in [-0.3, -0.25) is 14.9 Å². The van der Waals surface area contributed by atoms with E-state index in [-0.39, 0.29) is 18.2 Å². The fraction of sp³-hybridized carbons (Fsp3) is 0.182. The van der Waals surface area contributed by atoms with E-state index in [0.717, 1.165) is 4.47 Å². The number of hydrogen-bond donors (Lipinski definition) is 2. The van der Waals surface area contributed by atoms with E-state index in [0.29, 0.717) is 11.3 Å². The molecule has 1 aliphatic rings. The molecule has 1 atom stereocenters. The zero-order chi connectivity index (χ0) is 12.4. The number of carbonyl (C=O) groups excluding carboxylic acids is 2. The van der Waals surface area contributed by atoms with Gasteiger partial charge < -0.3 is 5.32 Å². The Morgan fingerprint density at radius 3 is 2.82 bits per heavy atom. The Morgan fingerprint density at radius 2 is 2.24 bits per heavy atom. The molecule has 86 valence electrons. The van der Waals surface area contributed by atoms with Gasteiger partial charge in [0.05, 0.1) is 17.7 Å². The Hall–Kier alpha value is -1.87.